The molecule has 0 atom stereocenters. The molecule has 15 heteroatoms. The third-order valence-electron chi connectivity index (χ3n) is 8.59. The second-order valence-electron chi connectivity index (χ2n) is 12.4. The standard InChI is InChI=1S/C33H36BrN10O3P/c1-42-19-21(17-38-42)22-15-26(28(47-2)16-27(22)43-11-13-44(14-12-43)32(45)20-5-6-20)40-33-37-18-23(34)31(41-33)39-25-8-7-24-29(36-10-9-35-24)30(25)48(3,4)46/h7-10,15-20H,5-6,11-14H2,1-4H3,(H2,37,39,40,41). The minimum Gasteiger partial charge on any atom is -0.494 e. The number of anilines is 5. The molecule has 0 unspecified atom stereocenters. The van der Waals surface area contributed by atoms with E-state index in [9.17, 15) is 9.36 Å². The lowest BCUT2D eigenvalue weighted by Crippen LogP contribution is -2.49. The van der Waals surface area contributed by atoms with Crippen LogP contribution in [0.3, 0.4) is 0 Å². The Balaban J connectivity index is 1.21. The number of fused-ring (bicyclic) bond motifs is 1. The van der Waals surface area contributed by atoms with Gasteiger partial charge in [0.1, 0.15) is 24.2 Å². The molecule has 4 heterocycles. The molecular formula is C33H36BrN10O3P. The third kappa shape index (κ3) is 6.46. The number of rotatable bonds is 9. The third-order valence-corrected chi connectivity index (χ3v) is 10.7. The molecule has 13 nitrogen and oxygen atoms in total. The van der Waals surface area contributed by atoms with E-state index >= 15 is 0 Å². The van der Waals surface area contributed by atoms with Crippen LogP contribution in [0.5, 0.6) is 5.75 Å². The number of carbonyl (C=O) groups excluding carboxylic acids is 1. The number of piperazine rings is 1. The summed E-state index contributed by atoms with van der Waals surface area (Å²) in [5, 5.41) is 11.7. The lowest BCUT2D eigenvalue weighted by atomic mass is 10.0. The monoisotopic (exact) mass is 730 g/mol. The average Bonchev–Trinajstić information content (AvgIpc) is 3.84. The van der Waals surface area contributed by atoms with Crippen molar-refractivity contribution in [3.8, 4) is 16.9 Å². The molecule has 1 aliphatic carbocycles. The van der Waals surface area contributed by atoms with Gasteiger partial charge in [0.2, 0.25) is 11.9 Å². The van der Waals surface area contributed by atoms with Crippen molar-refractivity contribution in [3.63, 3.8) is 0 Å². The minimum absolute atomic E-state index is 0.216. The van der Waals surface area contributed by atoms with Crippen molar-refractivity contribution in [1.82, 2.24) is 34.6 Å². The summed E-state index contributed by atoms with van der Waals surface area (Å²) in [5.74, 6) is 1.92. The molecule has 1 saturated carbocycles. The van der Waals surface area contributed by atoms with Gasteiger partial charge in [-0.1, -0.05) is 0 Å². The first-order valence-corrected chi connectivity index (χ1v) is 19.1. The Hall–Kier alpha value is -4.55. The Kier molecular flexibility index (Phi) is 8.55. The average molecular weight is 732 g/mol. The lowest BCUT2D eigenvalue weighted by molar-refractivity contribution is -0.132. The molecule has 2 N–H and O–H groups in total. The van der Waals surface area contributed by atoms with Crippen LogP contribution in [0, 0.1) is 5.92 Å². The fourth-order valence-corrected chi connectivity index (χ4v) is 7.76. The fraction of sp³-hybridized carbons (Fsp3) is 0.333. The summed E-state index contributed by atoms with van der Waals surface area (Å²) >= 11 is 3.57. The molecule has 5 aromatic rings. The smallest absolute Gasteiger partial charge is 0.229 e. The SMILES string of the molecule is COc1cc(N2CCN(C(=O)C3CC3)CC2)c(-c2cnn(C)c2)cc1Nc1ncc(Br)c(Nc2ccc3nccnc3c2P(C)(C)=O)n1. The lowest BCUT2D eigenvalue weighted by Gasteiger charge is -2.37. The molecule has 48 heavy (non-hydrogen) atoms. The summed E-state index contributed by atoms with van der Waals surface area (Å²) in [7, 11) is 0.747. The first-order chi connectivity index (χ1) is 23.1. The molecular weight excluding hydrogens is 695 g/mol. The molecule has 2 aromatic carbocycles. The van der Waals surface area contributed by atoms with E-state index in [0.717, 1.165) is 42.7 Å². The predicted octanol–water partition coefficient (Wildman–Crippen LogP) is 5.39. The topological polar surface area (TPSA) is 143 Å². The molecule has 2 aliphatic rings. The first-order valence-electron chi connectivity index (χ1n) is 15.7. The Morgan fingerprint density at radius 3 is 2.46 bits per heavy atom. The number of aryl methyl sites for hydroxylation is 1. The molecule has 0 radical (unpaired) electrons. The number of hydrogen-bond acceptors (Lipinski definition) is 11. The maximum atomic E-state index is 13.5. The van der Waals surface area contributed by atoms with Crippen molar-refractivity contribution < 1.29 is 14.1 Å². The van der Waals surface area contributed by atoms with E-state index in [1.807, 2.05) is 48.6 Å². The highest BCUT2D eigenvalue weighted by molar-refractivity contribution is 9.10. The van der Waals surface area contributed by atoms with Gasteiger partial charge in [0.05, 0.1) is 40.0 Å². The summed E-state index contributed by atoms with van der Waals surface area (Å²) in [4.78, 5) is 35.2. The number of ether oxygens (including phenoxy) is 1. The van der Waals surface area contributed by atoms with Crippen molar-refractivity contribution in [1.29, 1.82) is 0 Å². The summed E-state index contributed by atoms with van der Waals surface area (Å²) in [6.07, 6.45) is 10.7. The van der Waals surface area contributed by atoms with E-state index in [4.69, 9.17) is 9.72 Å². The highest BCUT2D eigenvalue weighted by Gasteiger charge is 2.35. The summed E-state index contributed by atoms with van der Waals surface area (Å²) in [6.45, 7) is 6.24. The Morgan fingerprint density at radius 1 is 1.00 bits per heavy atom. The van der Waals surface area contributed by atoms with Crippen LogP contribution >= 0.6 is 23.1 Å². The fourth-order valence-electron chi connectivity index (χ4n) is 6.08. The van der Waals surface area contributed by atoms with Crippen LogP contribution in [0.15, 0.2) is 59.7 Å². The molecule has 3 aromatic heterocycles. The number of benzene rings is 2. The second kappa shape index (κ2) is 12.8. The summed E-state index contributed by atoms with van der Waals surface area (Å²) in [6, 6.07) is 7.73. The first kappa shape index (κ1) is 32.0. The van der Waals surface area contributed by atoms with Crippen LogP contribution < -0.4 is 25.6 Å². The van der Waals surface area contributed by atoms with Crippen molar-refractivity contribution >= 4 is 74.1 Å². The van der Waals surface area contributed by atoms with Gasteiger partial charge in [-0.3, -0.25) is 19.4 Å². The zero-order valence-corrected chi connectivity index (χ0v) is 29.6. The van der Waals surface area contributed by atoms with Crippen LogP contribution in [0.1, 0.15) is 12.8 Å². The van der Waals surface area contributed by atoms with Crippen molar-refractivity contribution in [2.24, 2.45) is 13.0 Å². The Labute approximate surface area is 286 Å². The normalized spacial score (nSPS) is 15.1. The molecule has 2 fully saturated rings. The molecule has 0 spiro atoms. The maximum Gasteiger partial charge on any atom is 0.229 e. The van der Waals surface area contributed by atoms with Gasteiger partial charge in [-0.2, -0.15) is 10.1 Å². The van der Waals surface area contributed by atoms with Gasteiger partial charge in [-0.15, -0.1) is 0 Å². The molecule has 1 aliphatic heterocycles. The van der Waals surface area contributed by atoms with E-state index in [1.165, 1.54) is 0 Å². The minimum atomic E-state index is -2.78. The number of amides is 1. The number of carbonyl (C=O) groups is 1. The summed E-state index contributed by atoms with van der Waals surface area (Å²) < 4.78 is 21.8. The van der Waals surface area contributed by atoms with Crippen LogP contribution in [0.2, 0.25) is 0 Å². The van der Waals surface area contributed by atoms with Gasteiger partial charge in [-0.05, 0) is 60.3 Å². The maximum absolute atomic E-state index is 13.5. The quantitative estimate of drug-likeness (QED) is 0.189. The van der Waals surface area contributed by atoms with Crippen LogP contribution in [-0.2, 0) is 16.4 Å². The van der Waals surface area contributed by atoms with E-state index in [-0.39, 0.29) is 11.8 Å². The van der Waals surface area contributed by atoms with Gasteiger partial charge < -0.3 is 29.7 Å². The largest absolute Gasteiger partial charge is 0.494 e. The van der Waals surface area contributed by atoms with E-state index < -0.39 is 7.14 Å². The zero-order chi connectivity index (χ0) is 33.6. The van der Waals surface area contributed by atoms with Gasteiger partial charge in [0, 0.05) is 86.8 Å². The molecule has 1 amide bonds. The highest BCUT2D eigenvalue weighted by Crippen LogP contribution is 2.43. The van der Waals surface area contributed by atoms with Crippen LogP contribution in [-0.4, -0.2) is 87.1 Å². The number of methoxy groups -OCH3 is 1. The van der Waals surface area contributed by atoms with Crippen LogP contribution in [0.25, 0.3) is 22.2 Å². The van der Waals surface area contributed by atoms with E-state index in [0.29, 0.717) is 62.8 Å². The van der Waals surface area contributed by atoms with Gasteiger partial charge in [0.25, 0.3) is 0 Å². The van der Waals surface area contributed by atoms with Crippen molar-refractivity contribution in [3.05, 3.63) is 59.7 Å². The Morgan fingerprint density at radius 2 is 1.77 bits per heavy atom. The van der Waals surface area contributed by atoms with Gasteiger partial charge in [-0.25, -0.2) is 4.98 Å². The van der Waals surface area contributed by atoms with Gasteiger partial charge >= 0.3 is 0 Å². The number of nitrogens with one attached hydrogen (secondary N) is 2. The molecule has 1 saturated heterocycles. The molecule has 7 rings (SSSR count). The molecule has 248 valence electrons. The number of aromatic nitrogens is 6. The summed E-state index contributed by atoms with van der Waals surface area (Å²) in [5.41, 5.74) is 5.46. The van der Waals surface area contributed by atoms with E-state index in [2.05, 4.69) is 51.5 Å². The highest BCUT2D eigenvalue weighted by atomic mass is 79.9. The van der Waals surface area contributed by atoms with Crippen LogP contribution in [0.4, 0.5) is 28.8 Å². The predicted molar refractivity (Wildman–Crippen MR) is 192 cm³/mol. The second-order valence-corrected chi connectivity index (χ2v) is 16.4. The van der Waals surface area contributed by atoms with Crippen molar-refractivity contribution in [2.75, 3.05) is 62.2 Å². The number of hydrogen-bond donors (Lipinski definition) is 2. The van der Waals surface area contributed by atoms with E-state index in [1.54, 1.807) is 43.7 Å². The zero-order valence-electron chi connectivity index (χ0n) is 27.1. The number of nitrogens with zero attached hydrogens (tertiary/aromatic N) is 8. The number of halogens is 1. The van der Waals surface area contributed by atoms with Crippen molar-refractivity contribution in [2.45, 2.75) is 12.8 Å². The Bertz CT molecular complexity index is 2070. The van der Waals surface area contributed by atoms with Gasteiger partial charge in [0.15, 0.2) is 0 Å². The molecule has 0 bridgehead atoms.